The number of halogens is 1. The van der Waals surface area contributed by atoms with Crippen LogP contribution in [0.3, 0.4) is 0 Å². The molecule has 1 saturated heterocycles. The molecule has 1 heterocycles. The summed E-state index contributed by atoms with van der Waals surface area (Å²) in [7, 11) is 0. The summed E-state index contributed by atoms with van der Waals surface area (Å²) in [4.78, 5) is 37.8. The van der Waals surface area contributed by atoms with Gasteiger partial charge in [0.25, 0.3) is 11.1 Å². The molecule has 1 N–H and O–H groups in total. The van der Waals surface area contributed by atoms with E-state index in [1.807, 2.05) is 24.3 Å². The van der Waals surface area contributed by atoms with Gasteiger partial charge in [-0.2, -0.15) is 0 Å². The van der Waals surface area contributed by atoms with E-state index >= 15 is 0 Å². The molecule has 0 aromatic heterocycles. The maximum absolute atomic E-state index is 13.2. The summed E-state index contributed by atoms with van der Waals surface area (Å²) in [6, 6.07) is 13.1. The molecule has 1 aliphatic heterocycles. The van der Waals surface area contributed by atoms with E-state index in [9.17, 15) is 18.8 Å². The van der Waals surface area contributed by atoms with Crippen molar-refractivity contribution in [2.24, 2.45) is 0 Å². The van der Waals surface area contributed by atoms with E-state index in [1.165, 1.54) is 23.8 Å². The Kier molecular flexibility index (Phi) is 5.71. The minimum atomic E-state index is -0.573. The molecule has 5 nitrogen and oxygen atoms in total. The van der Waals surface area contributed by atoms with Crippen LogP contribution in [0.1, 0.15) is 18.1 Å². The number of benzene rings is 2. The molecule has 2 aromatic rings. The number of anilines is 1. The van der Waals surface area contributed by atoms with Crippen LogP contribution in [-0.4, -0.2) is 28.5 Å². The van der Waals surface area contributed by atoms with Crippen molar-refractivity contribution >= 4 is 40.6 Å². The molecule has 0 bridgehead atoms. The number of rotatable bonds is 5. The Labute approximate surface area is 160 Å². The fraction of sp³-hybridized carbons (Fsp3) is 0.150. The highest BCUT2D eigenvalue weighted by molar-refractivity contribution is 8.18. The van der Waals surface area contributed by atoms with Crippen LogP contribution in [-0.2, 0) is 16.0 Å². The largest absolute Gasteiger partial charge is 0.324 e. The van der Waals surface area contributed by atoms with Gasteiger partial charge in [0.05, 0.1) is 4.91 Å². The first-order chi connectivity index (χ1) is 13.0. The van der Waals surface area contributed by atoms with Crippen LogP contribution < -0.4 is 5.32 Å². The molecule has 3 amide bonds. The SMILES string of the molecule is CCc1ccc(/C=C2/SC(=O)N(CC(=O)Nc3cccc(F)c3)C2=O)cc1. The number of hydrogen-bond donors (Lipinski definition) is 1. The van der Waals surface area contributed by atoms with Gasteiger partial charge in [-0.3, -0.25) is 19.3 Å². The van der Waals surface area contributed by atoms with Crippen molar-refractivity contribution in [3.05, 3.63) is 70.4 Å². The molecule has 0 aliphatic carbocycles. The van der Waals surface area contributed by atoms with E-state index in [0.29, 0.717) is 0 Å². The lowest BCUT2D eigenvalue weighted by molar-refractivity contribution is -0.127. The maximum Gasteiger partial charge on any atom is 0.294 e. The summed E-state index contributed by atoms with van der Waals surface area (Å²) in [5.41, 5.74) is 2.25. The van der Waals surface area contributed by atoms with Gasteiger partial charge in [-0.15, -0.1) is 0 Å². The van der Waals surface area contributed by atoms with Gasteiger partial charge in [-0.1, -0.05) is 37.3 Å². The van der Waals surface area contributed by atoms with Crippen molar-refractivity contribution in [3.63, 3.8) is 0 Å². The highest BCUT2D eigenvalue weighted by Gasteiger charge is 2.36. The topological polar surface area (TPSA) is 66.5 Å². The Morgan fingerprint density at radius 2 is 1.93 bits per heavy atom. The Morgan fingerprint density at radius 1 is 1.19 bits per heavy atom. The van der Waals surface area contributed by atoms with E-state index in [-0.39, 0.29) is 10.6 Å². The first-order valence-corrected chi connectivity index (χ1v) is 9.17. The molecule has 1 fully saturated rings. The van der Waals surface area contributed by atoms with Crippen LogP contribution in [0, 0.1) is 5.82 Å². The smallest absolute Gasteiger partial charge is 0.294 e. The maximum atomic E-state index is 13.2. The molecule has 0 spiro atoms. The van der Waals surface area contributed by atoms with E-state index < -0.39 is 29.4 Å². The zero-order valence-electron chi connectivity index (χ0n) is 14.6. The molecule has 1 aliphatic rings. The monoisotopic (exact) mass is 384 g/mol. The summed E-state index contributed by atoms with van der Waals surface area (Å²) < 4.78 is 13.2. The van der Waals surface area contributed by atoms with Gasteiger partial charge in [0.1, 0.15) is 12.4 Å². The predicted molar refractivity (Wildman–Crippen MR) is 104 cm³/mol. The highest BCUT2D eigenvalue weighted by atomic mass is 32.2. The van der Waals surface area contributed by atoms with Crippen LogP contribution in [0.25, 0.3) is 6.08 Å². The van der Waals surface area contributed by atoms with Crippen molar-refractivity contribution in [2.45, 2.75) is 13.3 Å². The first-order valence-electron chi connectivity index (χ1n) is 8.36. The molecule has 2 aromatic carbocycles. The fourth-order valence-corrected chi connectivity index (χ4v) is 3.39. The van der Waals surface area contributed by atoms with Crippen molar-refractivity contribution in [3.8, 4) is 0 Å². The summed E-state index contributed by atoms with van der Waals surface area (Å²) in [6.07, 6.45) is 2.55. The first kappa shape index (κ1) is 18.8. The molecule has 27 heavy (non-hydrogen) atoms. The highest BCUT2D eigenvalue weighted by Crippen LogP contribution is 2.32. The lowest BCUT2D eigenvalue weighted by Gasteiger charge is -2.12. The molecule has 0 atom stereocenters. The van der Waals surface area contributed by atoms with Crippen LogP contribution in [0.2, 0.25) is 0 Å². The number of thioether (sulfide) groups is 1. The van der Waals surface area contributed by atoms with Crippen LogP contribution in [0.4, 0.5) is 14.9 Å². The average molecular weight is 384 g/mol. The fourth-order valence-electron chi connectivity index (χ4n) is 2.55. The number of carbonyl (C=O) groups excluding carboxylic acids is 3. The number of hydrogen-bond acceptors (Lipinski definition) is 4. The number of amides is 3. The quantitative estimate of drug-likeness (QED) is 0.790. The van der Waals surface area contributed by atoms with Crippen molar-refractivity contribution in [1.29, 1.82) is 0 Å². The number of imide groups is 1. The third-order valence-corrected chi connectivity index (χ3v) is 4.88. The predicted octanol–water partition coefficient (Wildman–Crippen LogP) is 4.06. The zero-order valence-corrected chi connectivity index (χ0v) is 15.4. The number of aryl methyl sites for hydroxylation is 1. The van der Waals surface area contributed by atoms with Crippen molar-refractivity contribution in [2.75, 3.05) is 11.9 Å². The molecular weight excluding hydrogens is 367 g/mol. The van der Waals surface area contributed by atoms with E-state index in [0.717, 1.165) is 34.7 Å². The van der Waals surface area contributed by atoms with Crippen molar-refractivity contribution < 1.29 is 18.8 Å². The normalized spacial score (nSPS) is 15.5. The molecule has 7 heteroatoms. The zero-order chi connectivity index (χ0) is 19.4. The van der Waals surface area contributed by atoms with Gasteiger partial charge in [0.15, 0.2) is 0 Å². The molecule has 0 unspecified atom stereocenters. The summed E-state index contributed by atoms with van der Waals surface area (Å²) >= 11 is 0.796. The van der Waals surface area contributed by atoms with Gasteiger partial charge < -0.3 is 5.32 Å². The molecule has 0 saturated carbocycles. The van der Waals surface area contributed by atoms with Crippen molar-refractivity contribution in [1.82, 2.24) is 4.90 Å². The molecule has 3 rings (SSSR count). The lowest BCUT2D eigenvalue weighted by Crippen LogP contribution is -2.36. The summed E-state index contributed by atoms with van der Waals surface area (Å²) in [6.45, 7) is 1.63. The number of nitrogens with one attached hydrogen (secondary N) is 1. The minimum Gasteiger partial charge on any atom is -0.324 e. The Balaban J connectivity index is 1.68. The Morgan fingerprint density at radius 3 is 2.59 bits per heavy atom. The van der Waals surface area contributed by atoms with E-state index in [2.05, 4.69) is 12.2 Å². The second kappa shape index (κ2) is 8.18. The lowest BCUT2D eigenvalue weighted by atomic mass is 10.1. The van der Waals surface area contributed by atoms with Gasteiger partial charge in [0.2, 0.25) is 5.91 Å². The van der Waals surface area contributed by atoms with Gasteiger partial charge >= 0.3 is 0 Å². The van der Waals surface area contributed by atoms with E-state index in [1.54, 1.807) is 6.08 Å². The summed E-state index contributed by atoms with van der Waals surface area (Å²) in [5, 5.41) is 1.97. The van der Waals surface area contributed by atoms with Gasteiger partial charge in [0, 0.05) is 5.69 Å². The molecular formula is C20H17FN2O3S. The Bertz CT molecular complexity index is 925. The number of carbonyl (C=O) groups is 3. The Hall–Kier alpha value is -2.93. The second-order valence-corrected chi connectivity index (χ2v) is 6.91. The summed E-state index contributed by atoms with van der Waals surface area (Å²) in [5.74, 6) is -1.58. The molecule has 138 valence electrons. The third kappa shape index (κ3) is 4.62. The third-order valence-electron chi connectivity index (χ3n) is 3.97. The van der Waals surface area contributed by atoms with Crippen LogP contribution >= 0.6 is 11.8 Å². The molecule has 0 radical (unpaired) electrons. The second-order valence-electron chi connectivity index (χ2n) is 5.92. The average Bonchev–Trinajstić information content (AvgIpc) is 2.90. The number of nitrogens with zero attached hydrogens (tertiary/aromatic N) is 1. The van der Waals surface area contributed by atoms with E-state index in [4.69, 9.17) is 0 Å². The standard InChI is InChI=1S/C20H17FN2O3S/c1-2-13-6-8-14(9-7-13)10-17-19(25)23(20(26)27-17)12-18(24)22-16-5-3-4-15(21)11-16/h3-11H,2,12H2,1H3,(H,22,24)/b17-10+. The van der Waals surface area contributed by atoms with Crippen LogP contribution in [0.5, 0.6) is 0 Å². The van der Waals surface area contributed by atoms with Gasteiger partial charge in [-0.05, 0) is 53.6 Å². The minimum absolute atomic E-state index is 0.263. The van der Waals surface area contributed by atoms with Crippen LogP contribution in [0.15, 0.2) is 53.4 Å². The van der Waals surface area contributed by atoms with Gasteiger partial charge in [-0.25, -0.2) is 4.39 Å².